The van der Waals surface area contributed by atoms with Crippen LogP contribution in [0.5, 0.6) is 0 Å². The first-order valence-electron chi connectivity index (χ1n) is 7.19. The molecule has 0 spiro atoms. The van der Waals surface area contributed by atoms with Gasteiger partial charge in [-0.3, -0.25) is 0 Å². The van der Waals surface area contributed by atoms with E-state index < -0.39 is 0 Å². The molecule has 0 aliphatic carbocycles. The molecule has 108 valence electrons. The summed E-state index contributed by atoms with van der Waals surface area (Å²) < 4.78 is 5.50. The molecule has 0 radical (unpaired) electrons. The number of hydrogen-bond acceptors (Lipinski definition) is 5. The van der Waals surface area contributed by atoms with Gasteiger partial charge >= 0.3 is 0 Å². The third kappa shape index (κ3) is 3.68. The zero-order valence-electron chi connectivity index (χ0n) is 12.2. The minimum absolute atomic E-state index is 0.361. The first-order valence-corrected chi connectivity index (χ1v) is 8.01. The van der Waals surface area contributed by atoms with Crippen LogP contribution < -0.4 is 10.2 Å². The summed E-state index contributed by atoms with van der Waals surface area (Å²) in [7, 11) is 3.81. The summed E-state index contributed by atoms with van der Waals surface area (Å²) in [4.78, 5) is 8.64. The Morgan fingerprint density at radius 3 is 3.05 bits per heavy atom. The van der Waals surface area contributed by atoms with Crippen LogP contribution in [0.2, 0.25) is 0 Å². The maximum atomic E-state index is 5.50. The van der Waals surface area contributed by atoms with Crippen molar-refractivity contribution in [2.24, 2.45) is 0 Å². The predicted molar refractivity (Wildman–Crippen MR) is 81.1 cm³/mol. The topological polar surface area (TPSA) is 37.4 Å². The van der Waals surface area contributed by atoms with Gasteiger partial charge in [0.1, 0.15) is 0 Å². The Morgan fingerprint density at radius 2 is 2.37 bits per heavy atom. The second-order valence-electron chi connectivity index (χ2n) is 5.09. The van der Waals surface area contributed by atoms with E-state index in [1.807, 2.05) is 25.5 Å². The Bertz CT molecular complexity index is 371. The van der Waals surface area contributed by atoms with Gasteiger partial charge in [-0.05, 0) is 26.3 Å². The number of hydrogen-bond donors (Lipinski definition) is 1. The van der Waals surface area contributed by atoms with E-state index in [2.05, 4.69) is 17.1 Å². The Morgan fingerprint density at radius 1 is 1.53 bits per heavy atom. The second-order valence-corrected chi connectivity index (χ2v) is 6.15. The van der Waals surface area contributed by atoms with Crippen molar-refractivity contribution in [3.63, 3.8) is 0 Å². The third-order valence-electron chi connectivity index (χ3n) is 3.57. The lowest BCUT2D eigenvalue weighted by atomic mass is 10.1. The Kier molecular flexibility index (Phi) is 5.60. The lowest BCUT2D eigenvalue weighted by Gasteiger charge is -2.31. The molecule has 1 saturated heterocycles. The number of rotatable bonds is 6. The SMILES string of the molecule is CCCc1nc(N2CCCC(OC)C2)sc1CNC. The molecule has 4 nitrogen and oxygen atoms in total. The summed E-state index contributed by atoms with van der Waals surface area (Å²) in [6.45, 7) is 5.23. The highest BCUT2D eigenvalue weighted by atomic mass is 32.1. The van der Waals surface area contributed by atoms with Crippen molar-refractivity contribution in [3.05, 3.63) is 10.6 Å². The van der Waals surface area contributed by atoms with Gasteiger partial charge in [-0.25, -0.2) is 4.98 Å². The van der Waals surface area contributed by atoms with Crippen LogP contribution in [0.15, 0.2) is 0 Å². The molecule has 1 fully saturated rings. The van der Waals surface area contributed by atoms with Crippen molar-refractivity contribution in [2.45, 2.75) is 45.3 Å². The molecule has 1 N–H and O–H groups in total. The molecule has 1 aromatic heterocycles. The van der Waals surface area contributed by atoms with E-state index in [0.717, 1.165) is 32.5 Å². The fraction of sp³-hybridized carbons (Fsp3) is 0.786. The maximum absolute atomic E-state index is 5.50. The van der Waals surface area contributed by atoms with E-state index in [1.54, 1.807) is 0 Å². The number of ether oxygens (including phenoxy) is 1. The third-order valence-corrected chi connectivity index (χ3v) is 4.73. The molecule has 2 heterocycles. The molecule has 1 aromatic rings. The fourth-order valence-corrected chi connectivity index (χ4v) is 3.69. The molecule has 0 saturated carbocycles. The lowest BCUT2D eigenvalue weighted by molar-refractivity contribution is 0.0893. The van der Waals surface area contributed by atoms with E-state index in [1.165, 1.54) is 28.5 Å². The van der Waals surface area contributed by atoms with Crippen LogP contribution in [0.25, 0.3) is 0 Å². The first-order chi connectivity index (χ1) is 9.28. The normalized spacial score (nSPS) is 19.9. The van der Waals surface area contributed by atoms with Gasteiger partial charge in [0.15, 0.2) is 5.13 Å². The highest BCUT2D eigenvalue weighted by Gasteiger charge is 2.23. The van der Waals surface area contributed by atoms with Crippen molar-refractivity contribution in [1.29, 1.82) is 0 Å². The summed E-state index contributed by atoms with van der Waals surface area (Å²) in [6.07, 6.45) is 4.96. The van der Waals surface area contributed by atoms with Crippen molar-refractivity contribution >= 4 is 16.5 Å². The van der Waals surface area contributed by atoms with Gasteiger partial charge in [-0.15, -0.1) is 11.3 Å². The molecular weight excluding hydrogens is 258 g/mol. The molecule has 0 aromatic carbocycles. The van der Waals surface area contributed by atoms with E-state index >= 15 is 0 Å². The standard InChI is InChI=1S/C14H25N3OS/c1-4-6-12-13(9-15-2)19-14(16-12)17-8-5-7-11(10-17)18-3/h11,15H,4-10H2,1-3H3. The minimum atomic E-state index is 0.361. The zero-order valence-corrected chi connectivity index (χ0v) is 13.1. The van der Waals surface area contributed by atoms with Gasteiger partial charge < -0.3 is 15.0 Å². The van der Waals surface area contributed by atoms with E-state index in [0.29, 0.717) is 6.10 Å². The summed E-state index contributed by atoms with van der Waals surface area (Å²) in [5, 5.41) is 4.42. The summed E-state index contributed by atoms with van der Waals surface area (Å²) in [6, 6.07) is 0. The molecule has 19 heavy (non-hydrogen) atoms. The smallest absolute Gasteiger partial charge is 0.185 e. The fourth-order valence-electron chi connectivity index (χ4n) is 2.54. The molecule has 1 aliphatic heterocycles. The number of aryl methyl sites for hydroxylation is 1. The Hall–Kier alpha value is -0.650. The van der Waals surface area contributed by atoms with E-state index in [4.69, 9.17) is 9.72 Å². The monoisotopic (exact) mass is 283 g/mol. The molecule has 2 rings (SSSR count). The Balaban J connectivity index is 2.12. The number of methoxy groups -OCH3 is 1. The molecule has 1 atom stereocenters. The first kappa shape index (κ1) is 14.8. The highest BCUT2D eigenvalue weighted by Crippen LogP contribution is 2.29. The van der Waals surface area contributed by atoms with Crippen molar-refractivity contribution in [1.82, 2.24) is 10.3 Å². The highest BCUT2D eigenvalue weighted by molar-refractivity contribution is 7.15. The average molecular weight is 283 g/mol. The number of nitrogens with one attached hydrogen (secondary N) is 1. The quantitative estimate of drug-likeness (QED) is 0.870. The van der Waals surface area contributed by atoms with Crippen LogP contribution in [0.3, 0.4) is 0 Å². The van der Waals surface area contributed by atoms with Gasteiger partial charge in [0.25, 0.3) is 0 Å². The van der Waals surface area contributed by atoms with Gasteiger partial charge in [0.2, 0.25) is 0 Å². The molecule has 1 unspecified atom stereocenters. The van der Waals surface area contributed by atoms with Crippen LogP contribution in [0.1, 0.15) is 36.8 Å². The molecule has 1 aliphatic rings. The molecule has 0 bridgehead atoms. The number of nitrogens with zero attached hydrogens (tertiary/aromatic N) is 2. The molecule has 0 amide bonds. The maximum Gasteiger partial charge on any atom is 0.185 e. The summed E-state index contributed by atoms with van der Waals surface area (Å²) in [5.74, 6) is 0. The number of anilines is 1. The van der Waals surface area contributed by atoms with Crippen molar-refractivity contribution in [2.75, 3.05) is 32.1 Å². The van der Waals surface area contributed by atoms with Crippen LogP contribution in [-0.4, -0.2) is 38.3 Å². The van der Waals surface area contributed by atoms with Crippen LogP contribution in [0, 0.1) is 0 Å². The van der Waals surface area contributed by atoms with Crippen LogP contribution >= 0.6 is 11.3 Å². The number of thiazole rings is 1. The minimum Gasteiger partial charge on any atom is -0.380 e. The van der Waals surface area contributed by atoms with E-state index in [9.17, 15) is 0 Å². The van der Waals surface area contributed by atoms with E-state index in [-0.39, 0.29) is 0 Å². The zero-order chi connectivity index (χ0) is 13.7. The average Bonchev–Trinajstić information content (AvgIpc) is 2.83. The van der Waals surface area contributed by atoms with Gasteiger partial charge in [-0.1, -0.05) is 13.3 Å². The summed E-state index contributed by atoms with van der Waals surface area (Å²) >= 11 is 1.84. The number of piperidine rings is 1. The molecule has 5 heteroatoms. The van der Waals surface area contributed by atoms with Crippen molar-refractivity contribution in [3.8, 4) is 0 Å². The molecular formula is C14H25N3OS. The van der Waals surface area contributed by atoms with Gasteiger partial charge in [0.05, 0.1) is 11.8 Å². The second kappa shape index (κ2) is 7.22. The predicted octanol–water partition coefficient (Wildman–Crippen LogP) is 2.43. The van der Waals surface area contributed by atoms with Gasteiger partial charge in [0, 0.05) is 31.6 Å². The number of aromatic nitrogens is 1. The van der Waals surface area contributed by atoms with Crippen LogP contribution in [0.4, 0.5) is 5.13 Å². The summed E-state index contributed by atoms with van der Waals surface area (Å²) in [5.41, 5.74) is 1.27. The van der Waals surface area contributed by atoms with Gasteiger partial charge in [-0.2, -0.15) is 0 Å². The Labute approximate surface area is 120 Å². The van der Waals surface area contributed by atoms with Crippen LogP contribution in [-0.2, 0) is 17.7 Å². The van der Waals surface area contributed by atoms with Crippen molar-refractivity contribution < 1.29 is 4.74 Å². The lowest BCUT2D eigenvalue weighted by Crippen LogP contribution is -2.39. The largest absolute Gasteiger partial charge is 0.380 e.